The van der Waals surface area contributed by atoms with Gasteiger partial charge in [0.25, 0.3) is 0 Å². The lowest BCUT2D eigenvalue weighted by molar-refractivity contribution is 0.170. The van der Waals surface area contributed by atoms with Crippen LogP contribution >= 0.6 is 0 Å². The molecule has 0 aliphatic carbocycles. The van der Waals surface area contributed by atoms with E-state index in [1.54, 1.807) is 24.5 Å². The van der Waals surface area contributed by atoms with Gasteiger partial charge in [-0.1, -0.05) is 17.3 Å². The monoisotopic (exact) mass is 355 g/mol. The molecular weight excluding hydrogens is 336 g/mol. The van der Waals surface area contributed by atoms with E-state index >= 15 is 0 Å². The first-order valence-electron chi connectivity index (χ1n) is 8.68. The number of halogens is 2. The SMILES string of the molecule is Fc1cccc(CN2CCC(n3cc(-c4cccnc4)nn3)CC2)c1F. The number of aromatic nitrogens is 4. The second-order valence-electron chi connectivity index (χ2n) is 6.55. The zero-order chi connectivity index (χ0) is 17.9. The molecule has 5 nitrogen and oxygen atoms in total. The Kier molecular flexibility index (Phi) is 4.71. The largest absolute Gasteiger partial charge is 0.299 e. The summed E-state index contributed by atoms with van der Waals surface area (Å²) in [4.78, 5) is 6.25. The molecule has 1 aliphatic rings. The average molecular weight is 355 g/mol. The highest BCUT2D eigenvalue weighted by atomic mass is 19.2. The van der Waals surface area contributed by atoms with Gasteiger partial charge in [-0.05, 0) is 31.0 Å². The maximum atomic E-state index is 13.8. The lowest BCUT2D eigenvalue weighted by Gasteiger charge is -2.31. The third kappa shape index (κ3) is 3.48. The molecule has 1 saturated heterocycles. The summed E-state index contributed by atoms with van der Waals surface area (Å²) in [6, 6.07) is 8.44. The summed E-state index contributed by atoms with van der Waals surface area (Å²) in [6.45, 7) is 2.04. The van der Waals surface area contributed by atoms with Gasteiger partial charge in [0.1, 0.15) is 5.69 Å². The molecule has 0 N–H and O–H groups in total. The predicted octanol–water partition coefficient (Wildman–Crippen LogP) is 3.46. The first-order chi connectivity index (χ1) is 12.7. The summed E-state index contributed by atoms with van der Waals surface area (Å²) >= 11 is 0. The number of benzene rings is 1. The Morgan fingerprint density at radius 1 is 1.08 bits per heavy atom. The van der Waals surface area contributed by atoms with Gasteiger partial charge in [-0.2, -0.15) is 0 Å². The molecule has 0 bridgehead atoms. The van der Waals surface area contributed by atoms with Crippen LogP contribution in [0.2, 0.25) is 0 Å². The minimum Gasteiger partial charge on any atom is -0.299 e. The molecule has 3 aromatic rings. The van der Waals surface area contributed by atoms with Gasteiger partial charge in [0.2, 0.25) is 0 Å². The quantitative estimate of drug-likeness (QED) is 0.719. The zero-order valence-electron chi connectivity index (χ0n) is 14.2. The molecule has 7 heteroatoms. The van der Waals surface area contributed by atoms with E-state index in [1.165, 1.54) is 0 Å². The lowest BCUT2D eigenvalue weighted by Crippen LogP contribution is -2.34. The van der Waals surface area contributed by atoms with Crippen LogP contribution in [0.1, 0.15) is 24.4 Å². The van der Waals surface area contributed by atoms with E-state index in [1.807, 2.05) is 23.0 Å². The van der Waals surface area contributed by atoms with Gasteiger partial charge in [0.05, 0.1) is 12.2 Å². The molecule has 2 aromatic heterocycles. The molecule has 1 aliphatic heterocycles. The van der Waals surface area contributed by atoms with Crippen molar-refractivity contribution in [1.29, 1.82) is 0 Å². The Morgan fingerprint density at radius 3 is 2.69 bits per heavy atom. The van der Waals surface area contributed by atoms with Crippen molar-refractivity contribution >= 4 is 0 Å². The van der Waals surface area contributed by atoms with Gasteiger partial charge in [0.15, 0.2) is 11.6 Å². The van der Waals surface area contributed by atoms with E-state index in [0.717, 1.165) is 43.3 Å². The second kappa shape index (κ2) is 7.29. The van der Waals surface area contributed by atoms with Gasteiger partial charge in [0, 0.05) is 43.2 Å². The second-order valence-corrected chi connectivity index (χ2v) is 6.55. The Morgan fingerprint density at radius 2 is 1.92 bits per heavy atom. The maximum Gasteiger partial charge on any atom is 0.163 e. The van der Waals surface area contributed by atoms with Gasteiger partial charge < -0.3 is 0 Å². The average Bonchev–Trinajstić information content (AvgIpc) is 3.17. The summed E-state index contributed by atoms with van der Waals surface area (Å²) in [7, 11) is 0. The molecule has 3 heterocycles. The van der Waals surface area contributed by atoms with Crippen molar-refractivity contribution in [3.05, 3.63) is 66.1 Å². The fourth-order valence-corrected chi connectivity index (χ4v) is 3.36. The Balaban J connectivity index is 1.38. The Bertz CT molecular complexity index is 873. The zero-order valence-corrected chi connectivity index (χ0v) is 14.2. The predicted molar refractivity (Wildman–Crippen MR) is 93.2 cm³/mol. The van der Waals surface area contributed by atoms with Gasteiger partial charge in [-0.3, -0.25) is 9.88 Å². The number of piperidine rings is 1. The minimum absolute atomic E-state index is 0.265. The topological polar surface area (TPSA) is 46.8 Å². The van der Waals surface area contributed by atoms with Crippen LogP contribution in [0.3, 0.4) is 0 Å². The molecule has 0 saturated carbocycles. The molecule has 26 heavy (non-hydrogen) atoms. The molecule has 1 aromatic carbocycles. The van der Waals surface area contributed by atoms with Gasteiger partial charge in [-0.15, -0.1) is 5.10 Å². The van der Waals surface area contributed by atoms with Crippen molar-refractivity contribution in [3.63, 3.8) is 0 Å². The number of rotatable bonds is 4. The number of likely N-dealkylation sites (tertiary alicyclic amines) is 1. The summed E-state index contributed by atoms with van der Waals surface area (Å²) < 4.78 is 29.1. The standard InChI is InChI=1S/C19H19F2N5/c20-17-5-1-3-15(19(17)21)12-25-9-6-16(7-10-25)26-13-18(23-24-26)14-4-2-8-22-11-14/h1-5,8,11,13,16H,6-7,9-10,12H2. The van der Waals surface area contributed by atoms with Gasteiger partial charge >= 0.3 is 0 Å². The fraction of sp³-hybridized carbons (Fsp3) is 0.316. The number of hydrogen-bond donors (Lipinski definition) is 0. The van der Waals surface area contributed by atoms with Crippen molar-refractivity contribution in [2.45, 2.75) is 25.4 Å². The molecule has 0 atom stereocenters. The van der Waals surface area contributed by atoms with Crippen molar-refractivity contribution < 1.29 is 8.78 Å². The van der Waals surface area contributed by atoms with Crippen molar-refractivity contribution in [1.82, 2.24) is 24.9 Å². The molecule has 0 radical (unpaired) electrons. The molecule has 4 rings (SSSR count). The molecule has 0 unspecified atom stereocenters. The van der Waals surface area contributed by atoms with Crippen LogP contribution < -0.4 is 0 Å². The van der Waals surface area contributed by atoms with Crippen LogP contribution in [0.4, 0.5) is 8.78 Å². The lowest BCUT2D eigenvalue weighted by atomic mass is 10.0. The summed E-state index contributed by atoms with van der Waals surface area (Å²) in [5.74, 6) is -1.53. The molecular formula is C19H19F2N5. The molecule has 134 valence electrons. The first-order valence-corrected chi connectivity index (χ1v) is 8.68. The van der Waals surface area contributed by atoms with Gasteiger partial charge in [-0.25, -0.2) is 13.5 Å². The fourth-order valence-electron chi connectivity index (χ4n) is 3.36. The van der Waals surface area contributed by atoms with Crippen LogP contribution in [-0.2, 0) is 6.54 Å². The number of nitrogens with zero attached hydrogens (tertiary/aromatic N) is 5. The highest BCUT2D eigenvalue weighted by Gasteiger charge is 2.23. The third-order valence-corrected chi connectivity index (χ3v) is 4.82. The molecule has 1 fully saturated rings. The normalized spacial score (nSPS) is 16.1. The van der Waals surface area contributed by atoms with Crippen molar-refractivity contribution in [2.24, 2.45) is 0 Å². The van der Waals surface area contributed by atoms with Crippen LogP contribution in [0, 0.1) is 11.6 Å². The smallest absolute Gasteiger partial charge is 0.163 e. The summed E-state index contributed by atoms with van der Waals surface area (Å²) in [5, 5.41) is 8.50. The Hall–Kier alpha value is -2.67. The molecule has 0 spiro atoms. The van der Waals surface area contributed by atoms with E-state index in [0.29, 0.717) is 12.1 Å². The van der Waals surface area contributed by atoms with Crippen LogP contribution in [0.25, 0.3) is 11.3 Å². The number of pyridine rings is 1. The van der Waals surface area contributed by atoms with Crippen LogP contribution in [0.15, 0.2) is 48.9 Å². The minimum atomic E-state index is -0.789. The summed E-state index contributed by atoms with van der Waals surface area (Å²) in [5.41, 5.74) is 2.16. The van der Waals surface area contributed by atoms with E-state index in [2.05, 4.69) is 20.2 Å². The van der Waals surface area contributed by atoms with E-state index in [9.17, 15) is 8.78 Å². The molecule has 0 amide bonds. The summed E-state index contributed by atoms with van der Waals surface area (Å²) in [6.07, 6.45) is 7.23. The van der Waals surface area contributed by atoms with E-state index < -0.39 is 11.6 Å². The Labute approximate surface area is 150 Å². The number of hydrogen-bond acceptors (Lipinski definition) is 4. The van der Waals surface area contributed by atoms with Crippen molar-refractivity contribution in [3.8, 4) is 11.3 Å². The van der Waals surface area contributed by atoms with Crippen LogP contribution in [0.5, 0.6) is 0 Å². The highest BCUT2D eigenvalue weighted by molar-refractivity contribution is 5.55. The van der Waals surface area contributed by atoms with E-state index in [-0.39, 0.29) is 6.04 Å². The maximum absolute atomic E-state index is 13.8. The third-order valence-electron chi connectivity index (χ3n) is 4.82. The highest BCUT2D eigenvalue weighted by Crippen LogP contribution is 2.25. The first kappa shape index (κ1) is 16.8. The van der Waals surface area contributed by atoms with E-state index in [4.69, 9.17) is 0 Å². The van der Waals surface area contributed by atoms with Crippen LogP contribution in [-0.4, -0.2) is 38.0 Å². The van der Waals surface area contributed by atoms with Crippen molar-refractivity contribution in [2.75, 3.05) is 13.1 Å².